The first-order valence-electron chi connectivity index (χ1n) is 11.0. The van der Waals surface area contributed by atoms with Crippen LogP contribution < -0.4 is 5.32 Å². The number of carbonyl (C=O) groups is 2. The molecule has 0 spiro atoms. The summed E-state index contributed by atoms with van der Waals surface area (Å²) in [4.78, 5) is 28.9. The van der Waals surface area contributed by atoms with E-state index in [0.29, 0.717) is 30.2 Å². The minimum atomic E-state index is -0.453. The van der Waals surface area contributed by atoms with Crippen molar-refractivity contribution in [1.82, 2.24) is 10.2 Å². The fourth-order valence-electron chi connectivity index (χ4n) is 3.27. The quantitative estimate of drug-likeness (QED) is 0.420. The third kappa shape index (κ3) is 8.58. The van der Waals surface area contributed by atoms with E-state index in [1.807, 2.05) is 63.2 Å². The van der Waals surface area contributed by atoms with E-state index in [0.717, 1.165) is 23.3 Å². The van der Waals surface area contributed by atoms with Crippen molar-refractivity contribution < 1.29 is 9.59 Å². The Hall–Kier alpha value is -1.98. The summed E-state index contributed by atoms with van der Waals surface area (Å²) >= 11 is 7.57. The molecule has 2 amide bonds. The van der Waals surface area contributed by atoms with Gasteiger partial charge in [0.2, 0.25) is 11.8 Å². The molecule has 0 saturated carbocycles. The second-order valence-electron chi connectivity index (χ2n) is 7.62. The molecule has 1 N–H and O–H groups in total. The van der Waals surface area contributed by atoms with Crippen molar-refractivity contribution in [2.45, 2.75) is 63.4 Å². The number of rotatable bonds is 12. The average Bonchev–Trinajstić information content (AvgIpc) is 2.78. The Balaban J connectivity index is 2.05. The Morgan fingerprint density at radius 2 is 1.71 bits per heavy atom. The molecule has 0 bridgehead atoms. The first kappa shape index (κ1) is 25.3. The zero-order valence-electron chi connectivity index (χ0n) is 18.6. The van der Waals surface area contributed by atoms with E-state index in [4.69, 9.17) is 11.6 Å². The zero-order chi connectivity index (χ0) is 22.6. The van der Waals surface area contributed by atoms with Gasteiger partial charge in [-0.05, 0) is 56.0 Å². The van der Waals surface area contributed by atoms with E-state index in [1.54, 1.807) is 16.7 Å². The summed E-state index contributed by atoms with van der Waals surface area (Å²) in [6.45, 7) is 6.52. The fourth-order valence-corrected chi connectivity index (χ4v) is 4.23. The van der Waals surface area contributed by atoms with Crippen molar-refractivity contribution in [3.05, 3.63) is 65.2 Å². The molecule has 4 nitrogen and oxygen atoms in total. The number of nitrogens with one attached hydrogen (secondary N) is 1. The van der Waals surface area contributed by atoms with E-state index in [1.165, 1.54) is 0 Å². The maximum atomic E-state index is 13.2. The Morgan fingerprint density at radius 3 is 2.32 bits per heavy atom. The molecule has 31 heavy (non-hydrogen) atoms. The van der Waals surface area contributed by atoms with E-state index in [-0.39, 0.29) is 17.9 Å². The van der Waals surface area contributed by atoms with Crippen LogP contribution >= 0.6 is 23.4 Å². The summed E-state index contributed by atoms with van der Waals surface area (Å²) in [7, 11) is 0. The van der Waals surface area contributed by atoms with Gasteiger partial charge < -0.3 is 10.2 Å². The molecular formula is C25H33ClN2O2S. The summed E-state index contributed by atoms with van der Waals surface area (Å²) in [5, 5.41) is 3.75. The normalized spacial score (nSPS) is 12.8. The van der Waals surface area contributed by atoms with Gasteiger partial charge in [0, 0.05) is 34.7 Å². The van der Waals surface area contributed by atoms with Crippen molar-refractivity contribution >= 4 is 35.2 Å². The molecule has 0 aromatic heterocycles. The number of nitrogens with zero attached hydrogens (tertiary/aromatic N) is 1. The van der Waals surface area contributed by atoms with Crippen LogP contribution in [0, 0.1) is 0 Å². The first-order valence-corrected chi connectivity index (χ1v) is 12.3. The van der Waals surface area contributed by atoms with Gasteiger partial charge in [-0.25, -0.2) is 0 Å². The molecule has 0 heterocycles. The smallest absolute Gasteiger partial charge is 0.243 e. The average molecular weight is 461 g/mol. The van der Waals surface area contributed by atoms with Crippen molar-refractivity contribution in [2.75, 3.05) is 12.3 Å². The lowest BCUT2D eigenvalue weighted by atomic mass is 10.1. The van der Waals surface area contributed by atoms with Gasteiger partial charge in [0.1, 0.15) is 6.04 Å². The van der Waals surface area contributed by atoms with E-state index < -0.39 is 6.04 Å². The van der Waals surface area contributed by atoms with Crippen LogP contribution in [0.3, 0.4) is 0 Å². The molecule has 168 valence electrons. The van der Waals surface area contributed by atoms with Gasteiger partial charge in [-0.2, -0.15) is 0 Å². The molecule has 0 aliphatic rings. The predicted molar refractivity (Wildman–Crippen MR) is 131 cm³/mol. The number of amides is 2. The second kappa shape index (κ2) is 13.4. The van der Waals surface area contributed by atoms with Crippen LogP contribution in [-0.2, 0) is 16.0 Å². The summed E-state index contributed by atoms with van der Waals surface area (Å²) in [6.07, 6.45) is 2.56. The number of benzene rings is 2. The number of hydrogen-bond acceptors (Lipinski definition) is 3. The summed E-state index contributed by atoms with van der Waals surface area (Å²) in [5.74, 6) is 0.610. The Kier molecular flexibility index (Phi) is 11.0. The van der Waals surface area contributed by atoms with E-state index in [2.05, 4.69) is 17.4 Å². The van der Waals surface area contributed by atoms with E-state index in [9.17, 15) is 9.59 Å². The minimum Gasteiger partial charge on any atom is -0.352 e. The lowest BCUT2D eigenvalue weighted by molar-refractivity contribution is -0.140. The second-order valence-corrected chi connectivity index (χ2v) is 9.22. The Morgan fingerprint density at radius 1 is 1.03 bits per heavy atom. The number of halogens is 1. The highest BCUT2D eigenvalue weighted by Crippen LogP contribution is 2.22. The maximum Gasteiger partial charge on any atom is 0.243 e. The fraction of sp³-hybridized carbons (Fsp3) is 0.440. The molecule has 0 aliphatic carbocycles. The third-order valence-corrected chi connectivity index (χ3v) is 6.54. The molecule has 2 rings (SSSR count). The van der Waals surface area contributed by atoms with Gasteiger partial charge in [0.15, 0.2) is 0 Å². The molecule has 0 unspecified atom stereocenters. The van der Waals surface area contributed by atoms with Gasteiger partial charge in [-0.3, -0.25) is 9.59 Å². The number of thioether (sulfide) groups is 1. The molecule has 2 atom stereocenters. The standard InChI is InChI=1S/C25H33ClN2O2S/c1-4-19(3)27-25(30)23(5-2)28(17-15-20-9-7-6-8-10-20)24(29)16-18-31-22-13-11-21(26)12-14-22/h6-14,19,23H,4-5,15-18H2,1-3H3,(H,27,30)/t19-,23-/m1/s1. The highest BCUT2D eigenvalue weighted by atomic mass is 35.5. The van der Waals surface area contributed by atoms with Crippen molar-refractivity contribution in [1.29, 1.82) is 0 Å². The molecule has 2 aromatic rings. The first-order chi connectivity index (χ1) is 14.9. The monoisotopic (exact) mass is 460 g/mol. The van der Waals surface area contributed by atoms with Gasteiger partial charge in [0.25, 0.3) is 0 Å². The highest BCUT2D eigenvalue weighted by Gasteiger charge is 2.28. The van der Waals surface area contributed by atoms with Gasteiger partial charge >= 0.3 is 0 Å². The zero-order valence-corrected chi connectivity index (χ0v) is 20.2. The van der Waals surface area contributed by atoms with Crippen molar-refractivity contribution in [2.24, 2.45) is 0 Å². The molecule has 0 saturated heterocycles. The number of carbonyl (C=O) groups excluding carboxylic acids is 2. The van der Waals surface area contributed by atoms with Crippen LogP contribution in [0.4, 0.5) is 0 Å². The molecule has 0 radical (unpaired) electrons. The van der Waals surface area contributed by atoms with Crippen LogP contribution in [0.2, 0.25) is 5.02 Å². The third-order valence-electron chi connectivity index (χ3n) is 5.27. The van der Waals surface area contributed by atoms with Crippen LogP contribution in [-0.4, -0.2) is 41.1 Å². The van der Waals surface area contributed by atoms with Crippen molar-refractivity contribution in [3.8, 4) is 0 Å². The van der Waals surface area contributed by atoms with Crippen LogP contribution in [0.15, 0.2) is 59.5 Å². The van der Waals surface area contributed by atoms with Gasteiger partial charge in [-0.15, -0.1) is 11.8 Å². The molecular weight excluding hydrogens is 428 g/mol. The summed E-state index contributed by atoms with van der Waals surface area (Å²) in [5.41, 5.74) is 1.16. The summed E-state index contributed by atoms with van der Waals surface area (Å²) in [6, 6.07) is 17.3. The Labute approximate surface area is 195 Å². The lowest BCUT2D eigenvalue weighted by Gasteiger charge is -2.31. The SMILES string of the molecule is CC[C@@H](C)NC(=O)[C@@H](CC)N(CCc1ccccc1)C(=O)CCSc1ccc(Cl)cc1. The van der Waals surface area contributed by atoms with Gasteiger partial charge in [0.05, 0.1) is 0 Å². The van der Waals surface area contributed by atoms with Gasteiger partial charge in [-0.1, -0.05) is 55.8 Å². The topological polar surface area (TPSA) is 49.4 Å². The Bertz CT molecular complexity index is 814. The molecule has 0 fully saturated rings. The molecule has 0 aliphatic heterocycles. The van der Waals surface area contributed by atoms with E-state index >= 15 is 0 Å². The lowest BCUT2D eigenvalue weighted by Crippen LogP contribution is -2.51. The predicted octanol–water partition coefficient (Wildman–Crippen LogP) is 5.59. The number of hydrogen-bond donors (Lipinski definition) is 1. The maximum absolute atomic E-state index is 13.2. The molecule has 2 aromatic carbocycles. The van der Waals surface area contributed by atoms with Crippen LogP contribution in [0.5, 0.6) is 0 Å². The summed E-state index contributed by atoms with van der Waals surface area (Å²) < 4.78 is 0. The minimum absolute atomic E-state index is 0.0172. The van der Waals surface area contributed by atoms with Crippen LogP contribution in [0.25, 0.3) is 0 Å². The van der Waals surface area contributed by atoms with Crippen LogP contribution in [0.1, 0.15) is 45.6 Å². The molecule has 6 heteroatoms. The highest BCUT2D eigenvalue weighted by molar-refractivity contribution is 7.99. The van der Waals surface area contributed by atoms with Crippen molar-refractivity contribution in [3.63, 3.8) is 0 Å². The largest absolute Gasteiger partial charge is 0.352 e.